The molecular weight excluding hydrogens is 142 g/mol. The second kappa shape index (κ2) is 3.52. The van der Waals surface area contributed by atoms with Gasteiger partial charge < -0.3 is 9.47 Å². The van der Waals surface area contributed by atoms with Gasteiger partial charge in [-0.15, -0.1) is 0 Å². The first-order valence-electron chi connectivity index (χ1n) is 4.39. The highest BCUT2D eigenvalue weighted by atomic mass is 16.5. The van der Waals surface area contributed by atoms with E-state index in [-0.39, 0.29) is 6.23 Å². The zero-order valence-corrected chi connectivity index (χ0v) is 6.71. The van der Waals surface area contributed by atoms with Gasteiger partial charge >= 0.3 is 0 Å². The molecule has 0 bridgehead atoms. The van der Waals surface area contributed by atoms with Crippen LogP contribution in [0.25, 0.3) is 0 Å². The highest BCUT2D eigenvalue weighted by molar-refractivity contribution is 4.74. The van der Waals surface area contributed by atoms with Gasteiger partial charge in [0.25, 0.3) is 0 Å². The van der Waals surface area contributed by atoms with Crippen LogP contribution in [0.1, 0.15) is 12.8 Å². The lowest BCUT2D eigenvalue weighted by atomic mass is 10.1. The number of hydrogen-bond donors (Lipinski definition) is 1. The summed E-state index contributed by atoms with van der Waals surface area (Å²) in [6.45, 7) is 3.79. The van der Waals surface area contributed by atoms with Crippen molar-refractivity contribution >= 4 is 0 Å². The van der Waals surface area contributed by atoms with E-state index in [1.807, 2.05) is 0 Å². The van der Waals surface area contributed by atoms with E-state index in [1.165, 1.54) is 0 Å². The molecule has 3 heteroatoms. The number of nitrogens with one attached hydrogen (secondary N) is 1. The van der Waals surface area contributed by atoms with E-state index >= 15 is 0 Å². The first kappa shape index (κ1) is 7.53. The van der Waals surface area contributed by atoms with Crippen molar-refractivity contribution in [2.45, 2.75) is 19.1 Å². The third-order valence-corrected chi connectivity index (χ3v) is 2.36. The number of ether oxygens (including phenoxy) is 2. The Bertz CT molecular complexity index is 117. The van der Waals surface area contributed by atoms with Crippen LogP contribution in [-0.2, 0) is 9.47 Å². The Kier molecular flexibility index (Phi) is 2.41. The van der Waals surface area contributed by atoms with E-state index in [2.05, 4.69) is 5.32 Å². The van der Waals surface area contributed by atoms with Crippen LogP contribution in [0.3, 0.4) is 0 Å². The van der Waals surface area contributed by atoms with Crippen LogP contribution >= 0.6 is 0 Å². The van der Waals surface area contributed by atoms with Crippen molar-refractivity contribution in [1.82, 2.24) is 5.32 Å². The van der Waals surface area contributed by atoms with E-state index in [1.54, 1.807) is 0 Å². The van der Waals surface area contributed by atoms with E-state index in [0.29, 0.717) is 5.92 Å². The highest BCUT2D eigenvalue weighted by Gasteiger charge is 2.27. The molecule has 0 aromatic rings. The molecule has 2 rings (SSSR count). The van der Waals surface area contributed by atoms with E-state index < -0.39 is 0 Å². The summed E-state index contributed by atoms with van der Waals surface area (Å²) in [5, 5.41) is 3.36. The summed E-state index contributed by atoms with van der Waals surface area (Å²) in [5.41, 5.74) is 0. The Morgan fingerprint density at radius 2 is 2.27 bits per heavy atom. The van der Waals surface area contributed by atoms with Crippen molar-refractivity contribution < 1.29 is 9.47 Å². The molecule has 2 aliphatic rings. The van der Waals surface area contributed by atoms with Gasteiger partial charge in [0, 0.05) is 19.1 Å². The molecule has 0 aromatic heterocycles. The van der Waals surface area contributed by atoms with Gasteiger partial charge in [0.05, 0.1) is 6.61 Å². The first-order valence-corrected chi connectivity index (χ1v) is 4.39. The van der Waals surface area contributed by atoms with Gasteiger partial charge in [-0.05, 0) is 19.4 Å². The minimum Gasteiger partial charge on any atom is -0.381 e. The highest BCUT2D eigenvalue weighted by Crippen LogP contribution is 2.18. The van der Waals surface area contributed by atoms with Crippen molar-refractivity contribution in [3.63, 3.8) is 0 Å². The van der Waals surface area contributed by atoms with Gasteiger partial charge in [0.15, 0.2) is 0 Å². The SMILES string of the molecule is C1CNC(C2CCOC2)OC1. The summed E-state index contributed by atoms with van der Waals surface area (Å²) in [5.74, 6) is 0.593. The van der Waals surface area contributed by atoms with Gasteiger partial charge in [-0.1, -0.05) is 0 Å². The lowest BCUT2D eigenvalue weighted by Gasteiger charge is -2.28. The second-order valence-corrected chi connectivity index (χ2v) is 3.22. The lowest BCUT2D eigenvalue weighted by molar-refractivity contribution is -0.0372. The molecule has 0 saturated carbocycles. The molecule has 0 aliphatic carbocycles. The summed E-state index contributed by atoms with van der Waals surface area (Å²) in [7, 11) is 0. The van der Waals surface area contributed by atoms with Crippen molar-refractivity contribution in [2.75, 3.05) is 26.4 Å². The molecule has 1 N–H and O–H groups in total. The Hall–Kier alpha value is -0.120. The second-order valence-electron chi connectivity index (χ2n) is 3.22. The van der Waals surface area contributed by atoms with Crippen molar-refractivity contribution in [3.8, 4) is 0 Å². The van der Waals surface area contributed by atoms with Gasteiger partial charge in [0.2, 0.25) is 0 Å². The van der Waals surface area contributed by atoms with Crippen molar-refractivity contribution in [1.29, 1.82) is 0 Å². The van der Waals surface area contributed by atoms with Crippen LogP contribution in [0.15, 0.2) is 0 Å². The third kappa shape index (κ3) is 1.72. The third-order valence-electron chi connectivity index (χ3n) is 2.36. The predicted octanol–water partition coefficient (Wildman–Crippen LogP) is 0.359. The van der Waals surface area contributed by atoms with Crippen molar-refractivity contribution in [2.24, 2.45) is 5.92 Å². The number of rotatable bonds is 1. The molecule has 64 valence electrons. The molecule has 2 unspecified atom stereocenters. The smallest absolute Gasteiger partial charge is 0.113 e. The largest absolute Gasteiger partial charge is 0.381 e. The summed E-state index contributed by atoms with van der Waals surface area (Å²) in [4.78, 5) is 0. The molecular formula is C8H15NO2. The van der Waals surface area contributed by atoms with E-state index in [9.17, 15) is 0 Å². The Morgan fingerprint density at radius 3 is 2.91 bits per heavy atom. The fourth-order valence-electron chi connectivity index (χ4n) is 1.68. The summed E-state index contributed by atoms with van der Waals surface area (Å²) < 4.78 is 10.9. The van der Waals surface area contributed by atoms with Crippen LogP contribution in [0, 0.1) is 5.92 Å². The van der Waals surface area contributed by atoms with Gasteiger partial charge in [-0.2, -0.15) is 0 Å². The zero-order valence-electron chi connectivity index (χ0n) is 6.71. The fourth-order valence-corrected chi connectivity index (χ4v) is 1.68. The standard InChI is InChI=1S/C8H15NO2/c1-3-9-8(11-4-1)7-2-5-10-6-7/h7-9H,1-6H2. The van der Waals surface area contributed by atoms with Crippen molar-refractivity contribution in [3.05, 3.63) is 0 Å². The summed E-state index contributed by atoms with van der Waals surface area (Å²) in [6.07, 6.45) is 2.56. The average molecular weight is 157 g/mol. The van der Waals surface area contributed by atoms with Gasteiger partial charge in [-0.25, -0.2) is 0 Å². The first-order chi connectivity index (χ1) is 5.47. The van der Waals surface area contributed by atoms with Crippen LogP contribution in [0.4, 0.5) is 0 Å². The molecule has 0 amide bonds. The summed E-state index contributed by atoms with van der Waals surface area (Å²) in [6, 6.07) is 0. The van der Waals surface area contributed by atoms with E-state index in [0.717, 1.165) is 39.2 Å². The minimum atomic E-state index is 0.270. The fraction of sp³-hybridized carbons (Fsp3) is 1.00. The molecule has 0 radical (unpaired) electrons. The molecule has 2 saturated heterocycles. The normalized spacial score (nSPS) is 39.3. The quantitative estimate of drug-likeness (QED) is 0.596. The van der Waals surface area contributed by atoms with Crippen LogP contribution < -0.4 is 5.32 Å². The maximum Gasteiger partial charge on any atom is 0.113 e. The molecule has 0 spiro atoms. The lowest BCUT2D eigenvalue weighted by Crippen LogP contribution is -2.43. The maximum absolute atomic E-state index is 5.57. The zero-order chi connectivity index (χ0) is 7.52. The molecule has 11 heavy (non-hydrogen) atoms. The minimum absolute atomic E-state index is 0.270. The monoisotopic (exact) mass is 157 g/mol. The van der Waals surface area contributed by atoms with Gasteiger partial charge in [-0.3, -0.25) is 5.32 Å². The molecule has 2 heterocycles. The predicted molar refractivity (Wildman–Crippen MR) is 41.3 cm³/mol. The summed E-state index contributed by atoms with van der Waals surface area (Å²) >= 11 is 0. The molecule has 2 atom stereocenters. The molecule has 2 aliphatic heterocycles. The average Bonchev–Trinajstić information content (AvgIpc) is 2.58. The molecule has 3 nitrogen and oxygen atoms in total. The van der Waals surface area contributed by atoms with Gasteiger partial charge in [0.1, 0.15) is 6.23 Å². The van der Waals surface area contributed by atoms with E-state index in [4.69, 9.17) is 9.47 Å². The Balaban J connectivity index is 1.82. The molecule has 0 aromatic carbocycles. The van der Waals surface area contributed by atoms with Crippen LogP contribution in [0.2, 0.25) is 0 Å². The Morgan fingerprint density at radius 1 is 1.27 bits per heavy atom. The topological polar surface area (TPSA) is 30.5 Å². The Labute approximate surface area is 67.1 Å². The maximum atomic E-state index is 5.57. The molecule has 2 fully saturated rings. The number of hydrogen-bond acceptors (Lipinski definition) is 3. The van der Waals surface area contributed by atoms with Crippen LogP contribution in [0.5, 0.6) is 0 Å². The van der Waals surface area contributed by atoms with Crippen LogP contribution in [-0.4, -0.2) is 32.6 Å².